The van der Waals surface area contributed by atoms with E-state index in [4.69, 9.17) is 0 Å². The molecule has 3 rings (SSSR count). The molecule has 3 nitrogen and oxygen atoms in total. The summed E-state index contributed by atoms with van der Waals surface area (Å²) in [4.78, 5) is 13.3. The Morgan fingerprint density at radius 2 is 1.70 bits per heavy atom. The molecule has 3 fully saturated rings. The number of carbonyl (C=O) groups is 1. The molecule has 3 aliphatic rings. The van der Waals surface area contributed by atoms with E-state index in [-0.39, 0.29) is 17.9 Å². The normalized spacial score (nSPS) is 33.2. The lowest BCUT2D eigenvalue weighted by Gasteiger charge is -2.31. The van der Waals surface area contributed by atoms with Crippen molar-refractivity contribution >= 4 is 5.91 Å². The first-order valence-electron chi connectivity index (χ1n) is 7.53. The van der Waals surface area contributed by atoms with E-state index in [0.29, 0.717) is 18.5 Å². The molecule has 2 atom stereocenters. The van der Waals surface area contributed by atoms with Crippen LogP contribution in [0.15, 0.2) is 0 Å². The van der Waals surface area contributed by atoms with Gasteiger partial charge in [-0.1, -0.05) is 0 Å². The number of rotatable bonds is 4. The predicted molar refractivity (Wildman–Crippen MR) is 68.1 cm³/mol. The highest BCUT2D eigenvalue weighted by Gasteiger charge is 2.42. The summed E-state index contributed by atoms with van der Waals surface area (Å²) >= 11 is 0. The molecule has 1 amide bonds. The summed E-state index contributed by atoms with van der Waals surface area (Å²) in [7, 11) is 0. The minimum absolute atomic E-state index is 0.164. The van der Waals surface area contributed by atoms with Gasteiger partial charge < -0.3 is 10.2 Å². The van der Waals surface area contributed by atoms with Crippen LogP contribution in [0.1, 0.15) is 44.9 Å². The van der Waals surface area contributed by atoms with Crippen LogP contribution in [-0.4, -0.2) is 41.7 Å². The summed E-state index contributed by atoms with van der Waals surface area (Å²) < 4.78 is 37.7. The standard InChI is InChI=1S/C14H21F3N2O/c15-14(16,17)8-19(12-3-4-12)13(20)7-9-5-10-1-2-11(6-9)18-10/h9-12,18H,1-8H2. The molecular weight excluding hydrogens is 269 g/mol. The number of hydrogen-bond acceptors (Lipinski definition) is 2. The number of amides is 1. The average Bonchev–Trinajstić information content (AvgIpc) is 3.11. The minimum atomic E-state index is -4.29. The fraction of sp³-hybridized carbons (Fsp3) is 0.929. The van der Waals surface area contributed by atoms with Gasteiger partial charge in [0.25, 0.3) is 0 Å². The van der Waals surface area contributed by atoms with Crippen molar-refractivity contribution < 1.29 is 18.0 Å². The van der Waals surface area contributed by atoms with E-state index < -0.39 is 12.7 Å². The van der Waals surface area contributed by atoms with E-state index in [1.807, 2.05) is 0 Å². The third kappa shape index (κ3) is 3.45. The minimum Gasteiger partial charge on any atom is -0.331 e. The van der Waals surface area contributed by atoms with Crippen LogP contribution < -0.4 is 5.32 Å². The molecule has 2 saturated heterocycles. The number of piperidine rings is 1. The van der Waals surface area contributed by atoms with E-state index in [2.05, 4.69) is 5.32 Å². The predicted octanol–water partition coefficient (Wildman–Crippen LogP) is 2.46. The average molecular weight is 290 g/mol. The van der Waals surface area contributed by atoms with Crippen LogP contribution in [0.5, 0.6) is 0 Å². The molecule has 1 aliphatic carbocycles. The fourth-order valence-electron chi connectivity index (χ4n) is 3.71. The number of hydrogen-bond donors (Lipinski definition) is 1. The first-order valence-corrected chi connectivity index (χ1v) is 7.53. The van der Waals surface area contributed by atoms with Gasteiger partial charge in [-0.2, -0.15) is 13.2 Å². The first kappa shape index (κ1) is 14.2. The van der Waals surface area contributed by atoms with Crippen molar-refractivity contribution in [3.05, 3.63) is 0 Å². The van der Waals surface area contributed by atoms with E-state index in [1.54, 1.807) is 0 Å². The van der Waals surface area contributed by atoms with E-state index in [0.717, 1.165) is 43.4 Å². The van der Waals surface area contributed by atoms with Gasteiger partial charge in [0, 0.05) is 24.5 Å². The van der Waals surface area contributed by atoms with Crippen LogP contribution in [0.4, 0.5) is 13.2 Å². The van der Waals surface area contributed by atoms with E-state index >= 15 is 0 Å². The molecule has 20 heavy (non-hydrogen) atoms. The molecule has 1 saturated carbocycles. The van der Waals surface area contributed by atoms with Gasteiger partial charge >= 0.3 is 6.18 Å². The topological polar surface area (TPSA) is 32.3 Å². The highest BCUT2D eigenvalue weighted by atomic mass is 19.4. The van der Waals surface area contributed by atoms with Gasteiger partial charge in [-0.25, -0.2) is 0 Å². The van der Waals surface area contributed by atoms with Crippen molar-refractivity contribution in [2.75, 3.05) is 6.54 Å². The summed E-state index contributed by atoms with van der Waals surface area (Å²) in [5, 5.41) is 3.49. The first-order chi connectivity index (χ1) is 9.40. The molecule has 0 aromatic heterocycles. The van der Waals surface area contributed by atoms with Crippen LogP contribution >= 0.6 is 0 Å². The molecule has 0 spiro atoms. The summed E-state index contributed by atoms with van der Waals surface area (Å²) in [6.45, 7) is -1.08. The van der Waals surface area contributed by atoms with Crippen molar-refractivity contribution in [1.82, 2.24) is 10.2 Å². The van der Waals surface area contributed by atoms with Crippen molar-refractivity contribution in [2.45, 2.75) is 69.2 Å². The molecule has 6 heteroatoms. The second-order valence-electron chi connectivity index (χ2n) is 6.55. The summed E-state index contributed by atoms with van der Waals surface area (Å²) in [6, 6.07) is 0.787. The Labute approximate surface area is 116 Å². The SMILES string of the molecule is O=C(CC1CC2CCC(C1)N2)N(CC(F)(F)F)C1CC1. The molecule has 114 valence electrons. The molecule has 0 aromatic rings. The Hall–Kier alpha value is -0.780. The highest BCUT2D eigenvalue weighted by molar-refractivity contribution is 5.77. The zero-order chi connectivity index (χ0) is 14.3. The second-order valence-corrected chi connectivity index (χ2v) is 6.55. The molecular formula is C14H21F3N2O. The third-order valence-electron chi connectivity index (χ3n) is 4.69. The number of fused-ring (bicyclic) bond motifs is 2. The summed E-state index contributed by atoms with van der Waals surface area (Å²) in [5.41, 5.74) is 0. The molecule has 0 radical (unpaired) electrons. The number of halogens is 3. The molecule has 0 aromatic carbocycles. The maximum Gasteiger partial charge on any atom is 0.406 e. The lowest BCUT2D eigenvalue weighted by molar-refractivity contribution is -0.163. The molecule has 2 heterocycles. The largest absolute Gasteiger partial charge is 0.406 e. The Bertz CT molecular complexity index is 369. The highest BCUT2D eigenvalue weighted by Crippen LogP contribution is 2.35. The third-order valence-corrected chi connectivity index (χ3v) is 4.69. The quantitative estimate of drug-likeness (QED) is 0.862. The number of nitrogens with one attached hydrogen (secondary N) is 1. The zero-order valence-electron chi connectivity index (χ0n) is 11.5. The van der Waals surface area contributed by atoms with Gasteiger partial charge in [-0.3, -0.25) is 4.79 Å². The molecule has 1 N–H and O–H groups in total. The second kappa shape index (κ2) is 5.20. The van der Waals surface area contributed by atoms with Crippen molar-refractivity contribution in [3.63, 3.8) is 0 Å². The summed E-state index contributed by atoms with van der Waals surface area (Å²) in [5.74, 6) is -0.0353. The number of alkyl halides is 3. The Kier molecular flexibility index (Phi) is 3.69. The van der Waals surface area contributed by atoms with Crippen molar-refractivity contribution in [2.24, 2.45) is 5.92 Å². The molecule has 2 bridgehead atoms. The maximum absolute atomic E-state index is 12.6. The van der Waals surface area contributed by atoms with Crippen molar-refractivity contribution in [3.8, 4) is 0 Å². The Balaban J connectivity index is 1.56. The van der Waals surface area contributed by atoms with Crippen LogP contribution in [0.2, 0.25) is 0 Å². The monoisotopic (exact) mass is 290 g/mol. The Morgan fingerprint density at radius 3 is 2.20 bits per heavy atom. The van der Waals surface area contributed by atoms with Gasteiger partial charge in [0.1, 0.15) is 6.54 Å². The van der Waals surface area contributed by atoms with Gasteiger partial charge in [-0.05, 0) is 44.4 Å². The maximum atomic E-state index is 12.6. The van der Waals surface area contributed by atoms with Crippen LogP contribution in [0.25, 0.3) is 0 Å². The van der Waals surface area contributed by atoms with Gasteiger partial charge in [0.15, 0.2) is 0 Å². The number of nitrogens with zero attached hydrogens (tertiary/aromatic N) is 1. The summed E-state index contributed by atoms with van der Waals surface area (Å²) in [6.07, 6.45) is 1.61. The number of carbonyl (C=O) groups excluding carboxylic acids is 1. The van der Waals surface area contributed by atoms with E-state index in [1.165, 1.54) is 0 Å². The van der Waals surface area contributed by atoms with Crippen LogP contribution in [0.3, 0.4) is 0 Å². The van der Waals surface area contributed by atoms with Crippen LogP contribution in [-0.2, 0) is 4.79 Å². The lowest BCUT2D eigenvalue weighted by Crippen LogP contribution is -2.43. The smallest absolute Gasteiger partial charge is 0.331 e. The molecule has 2 unspecified atom stereocenters. The lowest BCUT2D eigenvalue weighted by atomic mass is 9.89. The van der Waals surface area contributed by atoms with Gasteiger partial charge in [-0.15, -0.1) is 0 Å². The van der Waals surface area contributed by atoms with Crippen molar-refractivity contribution in [1.29, 1.82) is 0 Å². The Morgan fingerprint density at radius 1 is 1.10 bits per heavy atom. The van der Waals surface area contributed by atoms with Gasteiger partial charge in [0.05, 0.1) is 0 Å². The zero-order valence-corrected chi connectivity index (χ0v) is 11.5. The molecule has 2 aliphatic heterocycles. The fourth-order valence-corrected chi connectivity index (χ4v) is 3.71. The van der Waals surface area contributed by atoms with E-state index in [9.17, 15) is 18.0 Å². The van der Waals surface area contributed by atoms with Gasteiger partial charge in [0.2, 0.25) is 5.91 Å². The van der Waals surface area contributed by atoms with Crippen LogP contribution in [0, 0.1) is 5.92 Å².